The minimum atomic E-state index is 0.547. The van der Waals surface area contributed by atoms with E-state index in [-0.39, 0.29) is 0 Å². The molecule has 1 rings (SSSR count). The number of likely N-dealkylation sites (N-methyl/N-ethyl adjacent to an activating group) is 1. The van der Waals surface area contributed by atoms with E-state index in [0.717, 1.165) is 31.8 Å². The molecule has 0 amide bonds. The summed E-state index contributed by atoms with van der Waals surface area (Å²) < 4.78 is 5.53. The predicted octanol–water partition coefficient (Wildman–Crippen LogP) is 2.38. The van der Waals surface area contributed by atoms with Crippen LogP contribution in [-0.2, 0) is 6.42 Å². The fourth-order valence-corrected chi connectivity index (χ4v) is 2.53. The molecule has 0 aliphatic heterocycles. The molecule has 3 nitrogen and oxygen atoms in total. The molecule has 2 N–H and O–H groups in total. The molecule has 19 heavy (non-hydrogen) atoms. The zero-order valence-corrected chi connectivity index (χ0v) is 13.0. The number of nitrogens with zero attached hydrogens (tertiary/aromatic N) is 1. The predicted molar refractivity (Wildman–Crippen MR) is 81.9 cm³/mol. The fraction of sp³-hybridized carbons (Fsp3) is 0.625. The Morgan fingerprint density at radius 1 is 1.32 bits per heavy atom. The molecule has 1 aromatic rings. The number of hydrogen-bond acceptors (Lipinski definition) is 3. The number of rotatable bonds is 7. The molecule has 0 radical (unpaired) electrons. The molecule has 1 unspecified atom stereocenters. The van der Waals surface area contributed by atoms with E-state index >= 15 is 0 Å². The van der Waals surface area contributed by atoms with E-state index < -0.39 is 0 Å². The summed E-state index contributed by atoms with van der Waals surface area (Å²) in [7, 11) is 3.91. The van der Waals surface area contributed by atoms with Crippen LogP contribution < -0.4 is 10.5 Å². The summed E-state index contributed by atoms with van der Waals surface area (Å²) in [5, 5.41) is 0. The average Bonchev–Trinajstić information content (AvgIpc) is 2.35. The van der Waals surface area contributed by atoms with Crippen LogP contribution in [0.25, 0.3) is 0 Å². The molecule has 3 heteroatoms. The van der Waals surface area contributed by atoms with Gasteiger partial charge in [0.25, 0.3) is 0 Å². The number of ether oxygens (including phenoxy) is 1. The number of aryl methyl sites for hydroxylation is 2. The number of nitrogens with two attached hydrogens (primary N) is 1. The van der Waals surface area contributed by atoms with Gasteiger partial charge in [0.1, 0.15) is 5.75 Å². The molecular formula is C16H28N2O. The third-order valence-corrected chi connectivity index (χ3v) is 3.49. The first-order chi connectivity index (χ1) is 8.97. The van der Waals surface area contributed by atoms with Crippen molar-refractivity contribution in [3.63, 3.8) is 0 Å². The molecule has 0 aromatic heterocycles. The molecule has 108 valence electrons. The van der Waals surface area contributed by atoms with Crippen LogP contribution in [0.1, 0.15) is 23.6 Å². The smallest absolute Gasteiger partial charge is 0.125 e. The van der Waals surface area contributed by atoms with Crippen LogP contribution in [0.3, 0.4) is 0 Å². The van der Waals surface area contributed by atoms with Crippen molar-refractivity contribution in [1.29, 1.82) is 0 Å². The quantitative estimate of drug-likeness (QED) is 0.822. The summed E-state index contributed by atoms with van der Waals surface area (Å²) in [5.41, 5.74) is 9.48. The lowest BCUT2D eigenvalue weighted by atomic mass is 10.0. The first kappa shape index (κ1) is 16.0. The van der Waals surface area contributed by atoms with Crippen LogP contribution in [0.4, 0.5) is 0 Å². The summed E-state index contributed by atoms with van der Waals surface area (Å²) >= 11 is 0. The SMILES string of the molecule is COc1c(C)cc(C)cc1CCN(C)CC(C)CN. The zero-order chi connectivity index (χ0) is 14.4. The van der Waals surface area contributed by atoms with Crippen LogP contribution in [0, 0.1) is 19.8 Å². The Labute approximate surface area is 117 Å². The molecule has 0 bridgehead atoms. The molecule has 0 saturated carbocycles. The van der Waals surface area contributed by atoms with Gasteiger partial charge in [-0.2, -0.15) is 0 Å². The zero-order valence-electron chi connectivity index (χ0n) is 13.0. The van der Waals surface area contributed by atoms with Crippen molar-refractivity contribution in [3.05, 3.63) is 28.8 Å². The Hall–Kier alpha value is -1.06. The second kappa shape index (κ2) is 7.51. The largest absolute Gasteiger partial charge is 0.496 e. The topological polar surface area (TPSA) is 38.5 Å². The van der Waals surface area contributed by atoms with Crippen molar-refractivity contribution in [3.8, 4) is 5.75 Å². The van der Waals surface area contributed by atoms with Gasteiger partial charge in [-0.1, -0.05) is 24.6 Å². The van der Waals surface area contributed by atoms with E-state index in [1.165, 1.54) is 16.7 Å². The maximum absolute atomic E-state index is 5.67. The van der Waals surface area contributed by atoms with Gasteiger partial charge < -0.3 is 15.4 Å². The van der Waals surface area contributed by atoms with Crippen LogP contribution in [0.15, 0.2) is 12.1 Å². The van der Waals surface area contributed by atoms with Crippen LogP contribution >= 0.6 is 0 Å². The Bertz CT molecular complexity index is 404. The monoisotopic (exact) mass is 264 g/mol. The normalized spacial score (nSPS) is 12.8. The Kier molecular flexibility index (Phi) is 6.32. The van der Waals surface area contributed by atoms with Gasteiger partial charge >= 0.3 is 0 Å². The average molecular weight is 264 g/mol. The van der Waals surface area contributed by atoms with E-state index in [1.54, 1.807) is 7.11 Å². The molecule has 1 aromatic carbocycles. The Morgan fingerprint density at radius 2 is 2.00 bits per heavy atom. The van der Waals surface area contributed by atoms with Crippen molar-refractivity contribution in [2.75, 3.05) is 33.8 Å². The van der Waals surface area contributed by atoms with Gasteiger partial charge in [-0.25, -0.2) is 0 Å². The molecule has 0 spiro atoms. The molecule has 1 atom stereocenters. The maximum Gasteiger partial charge on any atom is 0.125 e. The lowest BCUT2D eigenvalue weighted by molar-refractivity contribution is 0.290. The highest BCUT2D eigenvalue weighted by atomic mass is 16.5. The Balaban J connectivity index is 2.67. The Morgan fingerprint density at radius 3 is 2.58 bits per heavy atom. The summed E-state index contributed by atoms with van der Waals surface area (Å²) in [4.78, 5) is 2.34. The van der Waals surface area contributed by atoms with Gasteiger partial charge in [-0.15, -0.1) is 0 Å². The van der Waals surface area contributed by atoms with E-state index in [0.29, 0.717) is 5.92 Å². The first-order valence-corrected chi connectivity index (χ1v) is 7.00. The maximum atomic E-state index is 5.67. The van der Waals surface area contributed by atoms with Crippen molar-refractivity contribution < 1.29 is 4.74 Å². The van der Waals surface area contributed by atoms with E-state index in [4.69, 9.17) is 10.5 Å². The van der Waals surface area contributed by atoms with Crippen LogP contribution in [0.2, 0.25) is 0 Å². The minimum absolute atomic E-state index is 0.547. The van der Waals surface area contributed by atoms with Crippen molar-refractivity contribution in [1.82, 2.24) is 4.90 Å². The second-order valence-corrected chi connectivity index (χ2v) is 5.63. The van der Waals surface area contributed by atoms with Gasteiger partial charge in [0, 0.05) is 13.1 Å². The lowest BCUT2D eigenvalue weighted by Gasteiger charge is -2.21. The third kappa shape index (κ3) is 4.84. The van der Waals surface area contributed by atoms with Gasteiger partial charge in [0.2, 0.25) is 0 Å². The van der Waals surface area contributed by atoms with Crippen molar-refractivity contribution in [2.24, 2.45) is 11.7 Å². The van der Waals surface area contributed by atoms with Crippen molar-refractivity contribution >= 4 is 0 Å². The number of hydrogen-bond donors (Lipinski definition) is 1. The molecule has 0 saturated heterocycles. The molecule has 0 fully saturated rings. The van der Waals surface area contributed by atoms with Crippen LogP contribution in [0.5, 0.6) is 5.75 Å². The highest BCUT2D eigenvalue weighted by Gasteiger charge is 2.10. The minimum Gasteiger partial charge on any atom is -0.496 e. The lowest BCUT2D eigenvalue weighted by Crippen LogP contribution is -2.30. The van der Waals surface area contributed by atoms with Crippen LogP contribution in [-0.4, -0.2) is 38.7 Å². The van der Waals surface area contributed by atoms with Crippen molar-refractivity contribution in [2.45, 2.75) is 27.2 Å². The summed E-state index contributed by atoms with van der Waals surface area (Å²) in [6.45, 7) is 9.25. The second-order valence-electron chi connectivity index (χ2n) is 5.63. The highest BCUT2D eigenvalue weighted by molar-refractivity contribution is 5.43. The third-order valence-electron chi connectivity index (χ3n) is 3.49. The number of benzene rings is 1. The first-order valence-electron chi connectivity index (χ1n) is 7.00. The van der Waals surface area contributed by atoms with E-state index in [1.807, 2.05) is 0 Å². The van der Waals surface area contributed by atoms with E-state index in [2.05, 4.69) is 44.9 Å². The van der Waals surface area contributed by atoms with Gasteiger partial charge in [0.05, 0.1) is 7.11 Å². The van der Waals surface area contributed by atoms with Gasteiger partial charge in [0.15, 0.2) is 0 Å². The standard InChI is InChI=1S/C16H28N2O/c1-12-8-14(3)16(19-5)15(9-12)6-7-18(4)11-13(2)10-17/h8-9,13H,6-7,10-11,17H2,1-5H3. The summed E-state index contributed by atoms with van der Waals surface area (Å²) in [6, 6.07) is 4.40. The summed E-state index contributed by atoms with van der Waals surface area (Å²) in [6.07, 6.45) is 1.01. The molecule has 0 aliphatic rings. The highest BCUT2D eigenvalue weighted by Crippen LogP contribution is 2.25. The van der Waals surface area contributed by atoms with Gasteiger partial charge in [-0.05, 0) is 50.9 Å². The molecular weight excluding hydrogens is 236 g/mol. The number of methoxy groups -OCH3 is 1. The molecule has 0 heterocycles. The fourth-order valence-electron chi connectivity index (χ4n) is 2.53. The van der Waals surface area contributed by atoms with E-state index in [9.17, 15) is 0 Å². The summed E-state index contributed by atoms with van der Waals surface area (Å²) in [5.74, 6) is 1.58. The molecule has 0 aliphatic carbocycles. The van der Waals surface area contributed by atoms with Gasteiger partial charge in [-0.3, -0.25) is 0 Å².